The molecule has 0 unspecified atom stereocenters. The average Bonchev–Trinajstić information content (AvgIpc) is 2.50. The van der Waals surface area contributed by atoms with Crippen molar-refractivity contribution in [3.05, 3.63) is 57.3 Å². The summed E-state index contributed by atoms with van der Waals surface area (Å²) in [5.74, 6) is -0.105. The Hall–Kier alpha value is -1.72. The zero-order valence-electron chi connectivity index (χ0n) is 11.7. The van der Waals surface area contributed by atoms with Crippen LogP contribution in [0.5, 0.6) is 0 Å². The maximum absolute atomic E-state index is 12.3. The smallest absolute Gasteiger partial charge is 0.255 e. The molecule has 3 rings (SSSR count). The van der Waals surface area contributed by atoms with E-state index in [1.807, 2.05) is 25.1 Å². The molecule has 4 nitrogen and oxygen atoms in total. The monoisotopic (exact) mass is 345 g/mol. The molecule has 21 heavy (non-hydrogen) atoms. The van der Waals surface area contributed by atoms with Gasteiger partial charge >= 0.3 is 0 Å². The molecule has 1 aliphatic heterocycles. The third-order valence-electron chi connectivity index (χ3n) is 3.63. The van der Waals surface area contributed by atoms with Crippen molar-refractivity contribution < 1.29 is 4.79 Å². The highest BCUT2D eigenvalue weighted by Gasteiger charge is 2.13. The van der Waals surface area contributed by atoms with Crippen molar-refractivity contribution in [3.8, 4) is 0 Å². The van der Waals surface area contributed by atoms with Gasteiger partial charge in [-0.05, 0) is 70.7 Å². The first kappa shape index (κ1) is 14.2. The summed E-state index contributed by atoms with van der Waals surface area (Å²) in [4.78, 5) is 16.5. The van der Waals surface area contributed by atoms with Crippen molar-refractivity contribution in [1.29, 1.82) is 0 Å². The number of aromatic nitrogens is 1. The highest BCUT2D eigenvalue weighted by atomic mass is 79.9. The number of hydrogen-bond acceptors (Lipinski definition) is 3. The van der Waals surface area contributed by atoms with E-state index in [4.69, 9.17) is 0 Å². The number of benzene rings is 1. The van der Waals surface area contributed by atoms with Crippen LogP contribution in [0.25, 0.3) is 0 Å². The molecule has 2 heterocycles. The molecular formula is C16H16BrN3O. The largest absolute Gasteiger partial charge is 0.321 e. The van der Waals surface area contributed by atoms with E-state index in [1.165, 1.54) is 11.1 Å². The van der Waals surface area contributed by atoms with Gasteiger partial charge in [0.05, 0.1) is 11.9 Å². The van der Waals surface area contributed by atoms with Crippen LogP contribution >= 0.6 is 15.9 Å². The van der Waals surface area contributed by atoms with Crippen LogP contribution in [0.2, 0.25) is 0 Å². The molecule has 2 N–H and O–H groups in total. The van der Waals surface area contributed by atoms with Gasteiger partial charge in [-0.25, -0.2) is 4.98 Å². The minimum atomic E-state index is -0.105. The number of anilines is 1. The normalized spacial score (nSPS) is 13.6. The highest BCUT2D eigenvalue weighted by Crippen LogP contribution is 2.19. The summed E-state index contributed by atoms with van der Waals surface area (Å²) < 4.78 is 0.792. The second-order valence-corrected chi connectivity index (χ2v) is 5.95. The number of nitrogens with one attached hydrogen (secondary N) is 2. The number of aryl methyl sites for hydroxylation is 1. The summed E-state index contributed by atoms with van der Waals surface area (Å²) in [6.07, 6.45) is 2.67. The second-order valence-electron chi connectivity index (χ2n) is 5.20. The predicted octanol–water partition coefficient (Wildman–Crippen LogP) is 3.05. The van der Waals surface area contributed by atoms with Gasteiger partial charge in [0.15, 0.2) is 0 Å². The Labute approximate surface area is 132 Å². The van der Waals surface area contributed by atoms with E-state index in [9.17, 15) is 4.79 Å². The Morgan fingerprint density at radius 3 is 3.00 bits per heavy atom. The number of halogens is 1. The van der Waals surface area contributed by atoms with Crippen molar-refractivity contribution in [2.45, 2.75) is 19.9 Å². The Kier molecular flexibility index (Phi) is 4.03. The van der Waals surface area contributed by atoms with Gasteiger partial charge in [0.1, 0.15) is 4.60 Å². The molecule has 1 aliphatic rings. The number of carbonyl (C=O) groups excluding carboxylic acids is 1. The summed E-state index contributed by atoms with van der Waals surface area (Å²) in [6, 6.07) is 7.81. The zero-order chi connectivity index (χ0) is 14.8. The fourth-order valence-corrected chi connectivity index (χ4v) is 2.67. The Bertz CT molecular complexity index is 700. The summed E-state index contributed by atoms with van der Waals surface area (Å²) in [7, 11) is 0. The fraction of sp³-hybridized carbons (Fsp3) is 0.250. The van der Waals surface area contributed by atoms with Crippen LogP contribution in [0.4, 0.5) is 5.69 Å². The number of hydrogen-bond donors (Lipinski definition) is 2. The van der Waals surface area contributed by atoms with E-state index in [1.54, 1.807) is 6.20 Å². The van der Waals surface area contributed by atoms with Crippen LogP contribution in [0.15, 0.2) is 35.1 Å². The van der Waals surface area contributed by atoms with Crippen molar-refractivity contribution in [2.24, 2.45) is 0 Å². The number of amides is 1. The van der Waals surface area contributed by atoms with Gasteiger partial charge in [0.2, 0.25) is 0 Å². The molecule has 0 aliphatic carbocycles. The fourth-order valence-electron chi connectivity index (χ4n) is 2.45. The maximum atomic E-state index is 12.3. The van der Waals surface area contributed by atoms with Crippen LogP contribution in [-0.4, -0.2) is 17.4 Å². The van der Waals surface area contributed by atoms with Crippen molar-refractivity contribution >= 4 is 27.5 Å². The summed E-state index contributed by atoms with van der Waals surface area (Å²) in [5.41, 5.74) is 4.91. The molecule has 2 aromatic rings. The lowest BCUT2D eigenvalue weighted by atomic mass is 9.98. The van der Waals surface area contributed by atoms with Gasteiger partial charge in [0.25, 0.3) is 5.91 Å². The van der Waals surface area contributed by atoms with E-state index in [0.29, 0.717) is 11.3 Å². The van der Waals surface area contributed by atoms with Crippen LogP contribution in [0, 0.1) is 6.92 Å². The lowest BCUT2D eigenvalue weighted by Gasteiger charge is -2.17. The van der Waals surface area contributed by atoms with Crippen molar-refractivity contribution in [3.63, 3.8) is 0 Å². The number of rotatable bonds is 2. The second kappa shape index (κ2) is 5.95. The van der Waals surface area contributed by atoms with E-state index in [0.717, 1.165) is 29.7 Å². The Morgan fingerprint density at radius 2 is 2.19 bits per heavy atom. The molecular weight excluding hydrogens is 330 g/mol. The van der Waals surface area contributed by atoms with Gasteiger partial charge in [-0.15, -0.1) is 0 Å². The molecule has 0 fully saturated rings. The number of pyridine rings is 1. The van der Waals surface area contributed by atoms with Gasteiger partial charge in [-0.2, -0.15) is 0 Å². The molecule has 1 aromatic heterocycles. The van der Waals surface area contributed by atoms with Crippen LogP contribution in [0.1, 0.15) is 27.0 Å². The molecule has 0 bridgehead atoms. The molecule has 5 heteroatoms. The van der Waals surface area contributed by atoms with Gasteiger partial charge in [-0.3, -0.25) is 4.79 Å². The Morgan fingerprint density at radius 1 is 1.33 bits per heavy atom. The molecule has 1 aromatic carbocycles. The topological polar surface area (TPSA) is 54.0 Å². The van der Waals surface area contributed by atoms with E-state index < -0.39 is 0 Å². The average molecular weight is 346 g/mol. The first-order valence-corrected chi connectivity index (χ1v) is 7.69. The SMILES string of the molecule is Cc1cc(NC(=O)c2ccc3c(c2)CNCC3)cnc1Br. The van der Waals surface area contributed by atoms with E-state index >= 15 is 0 Å². The molecule has 0 atom stereocenters. The first-order chi connectivity index (χ1) is 10.1. The van der Waals surface area contributed by atoms with Crippen LogP contribution < -0.4 is 10.6 Å². The predicted molar refractivity (Wildman–Crippen MR) is 86.5 cm³/mol. The summed E-state index contributed by atoms with van der Waals surface area (Å²) >= 11 is 3.35. The summed E-state index contributed by atoms with van der Waals surface area (Å²) in [6.45, 7) is 3.77. The third kappa shape index (κ3) is 3.14. The van der Waals surface area contributed by atoms with Gasteiger partial charge < -0.3 is 10.6 Å². The lowest BCUT2D eigenvalue weighted by molar-refractivity contribution is 0.102. The number of nitrogens with zero attached hydrogens (tertiary/aromatic N) is 1. The minimum Gasteiger partial charge on any atom is -0.321 e. The highest BCUT2D eigenvalue weighted by molar-refractivity contribution is 9.10. The summed E-state index contributed by atoms with van der Waals surface area (Å²) in [5, 5.41) is 6.21. The maximum Gasteiger partial charge on any atom is 0.255 e. The first-order valence-electron chi connectivity index (χ1n) is 6.89. The third-order valence-corrected chi connectivity index (χ3v) is 4.46. The molecule has 1 amide bonds. The standard InChI is InChI=1S/C16H16BrN3O/c1-10-6-14(9-19-15(10)17)20-16(21)12-3-2-11-4-5-18-8-13(11)7-12/h2-3,6-7,9,18H,4-5,8H2,1H3,(H,20,21). The van der Waals surface area contributed by atoms with Crippen molar-refractivity contribution in [1.82, 2.24) is 10.3 Å². The van der Waals surface area contributed by atoms with E-state index in [2.05, 4.69) is 37.6 Å². The Balaban J connectivity index is 1.80. The molecule has 0 saturated heterocycles. The van der Waals surface area contributed by atoms with Crippen LogP contribution in [-0.2, 0) is 13.0 Å². The zero-order valence-corrected chi connectivity index (χ0v) is 13.3. The minimum absolute atomic E-state index is 0.105. The van der Waals surface area contributed by atoms with Crippen LogP contribution in [0.3, 0.4) is 0 Å². The quantitative estimate of drug-likeness (QED) is 0.822. The molecule has 0 radical (unpaired) electrons. The van der Waals surface area contributed by atoms with E-state index in [-0.39, 0.29) is 5.91 Å². The lowest BCUT2D eigenvalue weighted by Crippen LogP contribution is -2.24. The molecule has 108 valence electrons. The molecule has 0 spiro atoms. The van der Waals surface area contributed by atoms with Gasteiger partial charge in [-0.1, -0.05) is 6.07 Å². The van der Waals surface area contributed by atoms with Crippen molar-refractivity contribution in [2.75, 3.05) is 11.9 Å². The van der Waals surface area contributed by atoms with Gasteiger partial charge in [0, 0.05) is 12.1 Å². The number of carbonyl (C=O) groups is 1. The number of fused-ring (bicyclic) bond motifs is 1. The molecule has 0 saturated carbocycles.